The van der Waals surface area contributed by atoms with Crippen molar-refractivity contribution < 1.29 is 0 Å². The Kier molecular flexibility index (Phi) is 7.73. The van der Waals surface area contributed by atoms with Crippen LogP contribution >= 0.6 is 0 Å². The standard InChI is InChI=1S/C28H32N2/c1-5-7-11-23-14-21(3)17-28(18-23)30-26(6-2)20-29-27-16-22(4)15-25(19-27)24-12-9-8-10-13-24/h8-10,12-20H,5-7,11H2,1-4H3. The molecule has 0 aliphatic rings. The third-order valence-electron chi connectivity index (χ3n) is 5.11. The molecular weight excluding hydrogens is 364 g/mol. The molecule has 3 aromatic carbocycles. The van der Waals surface area contributed by atoms with E-state index < -0.39 is 0 Å². The van der Waals surface area contributed by atoms with Crippen LogP contribution < -0.4 is 0 Å². The van der Waals surface area contributed by atoms with Crippen LogP contribution in [-0.2, 0) is 6.42 Å². The fourth-order valence-corrected chi connectivity index (χ4v) is 3.58. The zero-order valence-electron chi connectivity index (χ0n) is 18.7. The van der Waals surface area contributed by atoms with Crippen LogP contribution in [0.15, 0.2) is 76.7 Å². The van der Waals surface area contributed by atoms with E-state index in [9.17, 15) is 0 Å². The molecule has 0 aliphatic heterocycles. The molecule has 0 radical (unpaired) electrons. The topological polar surface area (TPSA) is 24.7 Å². The van der Waals surface area contributed by atoms with Crippen molar-refractivity contribution in [2.75, 3.05) is 0 Å². The van der Waals surface area contributed by atoms with Crippen LogP contribution in [-0.4, -0.2) is 11.9 Å². The molecule has 0 saturated heterocycles. The lowest BCUT2D eigenvalue weighted by Crippen LogP contribution is -1.97. The maximum absolute atomic E-state index is 4.89. The quantitative estimate of drug-likeness (QED) is 0.343. The van der Waals surface area contributed by atoms with Crippen molar-refractivity contribution in [1.82, 2.24) is 0 Å². The lowest BCUT2D eigenvalue weighted by Gasteiger charge is -2.06. The predicted molar refractivity (Wildman–Crippen MR) is 132 cm³/mol. The number of hydrogen-bond donors (Lipinski definition) is 0. The molecule has 0 aromatic heterocycles. The molecule has 0 N–H and O–H groups in total. The summed E-state index contributed by atoms with van der Waals surface area (Å²) in [5.41, 5.74) is 9.22. The van der Waals surface area contributed by atoms with Gasteiger partial charge in [-0.3, -0.25) is 9.98 Å². The highest BCUT2D eigenvalue weighted by molar-refractivity contribution is 6.31. The highest BCUT2D eigenvalue weighted by Crippen LogP contribution is 2.26. The fraction of sp³-hybridized carbons (Fsp3) is 0.286. The van der Waals surface area contributed by atoms with Gasteiger partial charge in [0.15, 0.2) is 0 Å². The van der Waals surface area contributed by atoms with E-state index in [2.05, 4.69) is 88.4 Å². The van der Waals surface area contributed by atoms with Gasteiger partial charge >= 0.3 is 0 Å². The lowest BCUT2D eigenvalue weighted by molar-refractivity contribution is 0.794. The Bertz CT molecular complexity index is 1030. The van der Waals surface area contributed by atoms with E-state index in [-0.39, 0.29) is 0 Å². The molecule has 0 saturated carbocycles. The highest BCUT2D eigenvalue weighted by Gasteiger charge is 2.02. The minimum Gasteiger partial charge on any atom is -0.255 e. The first-order valence-corrected chi connectivity index (χ1v) is 11.0. The average Bonchev–Trinajstić information content (AvgIpc) is 2.75. The molecule has 0 aliphatic carbocycles. The van der Waals surface area contributed by atoms with E-state index >= 15 is 0 Å². The smallest absolute Gasteiger partial charge is 0.0639 e. The van der Waals surface area contributed by atoms with Crippen molar-refractivity contribution in [2.24, 2.45) is 9.98 Å². The summed E-state index contributed by atoms with van der Waals surface area (Å²) in [7, 11) is 0. The van der Waals surface area contributed by atoms with Gasteiger partial charge in [-0.25, -0.2) is 0 Å². The van der Waals surface area contributed by atoms with Crippen LogP contribution in [0.5, 0.6) is 0 Å². The first-order chi connectivity index (χ1) is 14.6. The molecule has 0 fully saturated rings. The van der Waals surface area contributed by atoms with E-state index in [0.717, 1.165) is 29.9 Å². The van der Waals surface area contributed by atoms with Gasteiger partial charge in [0.05, 0.1) is 17.1 Å². The number of hydrogen-bond acceptors (Lipinski definition) is 2. The van der Waals surface area contributed by atoms with Crippen molar-refractivity contribution >= 4 is 23.3 Å². The van der Waals surface area contributed by atoms with Gasteiger partial charge in [0.2, 0.25) is 0 Å². The molecule has 0 amide bonds. The van der Waals surface area contributed by atoms with Gasteiger partial charge in [0.1, 0.15) is 0 Å². The summed E-state index contributed by atoms with van der Waals surface area (Å²) in [6, 6.07) is 23.5. The molecule has 3 rings (SSSR count). The van der Waals surface area contributed by atoms with Crippen LogP contribution in [0.4, 0.5) is 11.4 Å². The molecule has 2 nitrogen and oxygen atoms in total. The van der Waals surface area contributed by atoms with Crippen LogP contribution in [0.25, 0.3) is 11.1 Å². The fourth-order valence-electron chi connectivity index (χ4n) is 3.58. The van der Waals surface area contributed by atoms with E-state index in [1.165, 1.54) is 40.7 Å². The zero-order chi connectivity index (χ0) is 21.3. The van der Waals surface area contributed by atoms with Crippen molar-refractivity contribution in [2.45, 2.75) is 53.4 Å². The SMILES string of the molecule is CCCCc1cc(C)cc(N=C(C=Nc2cc(C)cc(-c3ccccc3)c2)CC)c1. The predicted octanol–water partition coefficient (Wildman–Crippen LogP) is 8.20. The van der Waals surface area contributed by atoms with Gasteiger partial charge in [-0.05, 0) is 85.2 Å². The maximum atomic E-state index is 4.89. The number of nitrogens with zero attached hydrogens (tertiary/aromatic N) is 2. The molecule has 154 valence electrons. The Morgan fingerprint density at radius 2 is 1.53 bits per heavy atom. The molecular formula is C28H32N2. The Morgan fingerprint density at radius 3 is 2.27 bits per heavy atom. The van der Waals surface area contributed by atoms with Gasteiger partial charge in [0.25, 0.3) is 0 Å². The highest BCUT2D eigenvalue weighted by atomic mass is 14.8. The van der Waals surface area contributed by atoms with Gasteiger partial charge in [0, 0.05) is 6.21 Å². The molecule has 0 spiro atoms. The number of benzene rings is 3. The number of aliphatic imine (C=N–C) groups is 2. The molecule has 0 atom stereocenters. The zero-order valence-corrected chi connectivity index (χ0v) is 18.7. The van der Waals surface area contributed by atoms with E-state index in [0.29, 0.717) is 0 Å². The van der Waals surface area contributed by atoms with Crippen molar-refractivity contribution in [3.8, 4) is 11.1 Å². The van der Waals surface area contributed by atoms with Crippen molar-refractivity contribution in [3.63, 3.8) is 0 Å². The monoisotopic (exact) mass is 396 g/mol. The molecule has 0 bridgehead atoms. The molecule has 3 aromatic rings. The number of rotatable bonds is 8. The summed E-state index contributed by atoms with van der Waals surface area (Å²) < 4.78 is 0. The van der Waals surface area contributed by atoms with Crippen LogP contribution in [0.2, 0.25) is 0 Å². The molecule has 2 heteroatoms. The average molecular weight is 397 g/mol. The van der Waals surface area contributed by atoms with Gasteiger partial charge in [-0.15, -0.1) is 0 Å². The summed E-state index contributed by atoms with van der Waals surface area (Å²) >= 11 is 0. The summed E-state index contributed by atoms with van der Waals surface area (Å²) in [4.78, 5) is 9.65. The minimum atomic E-state index is 0.846. The lowest BCUT2D eigenvalue weighted by atomic mass is 10.0. The normalized spacial score (nSPS) is 11.9. The summed E-state index contributed by atoms with van der Waals surface area (Å²) in [6.07, 6.45) is 6.30. The Hall–Kier alpha value is -3.00. The first kappa shape index (κ1) is 21.7. The largest absolute Gasteiger partial charge is 0.255 e. The summed E-state index contributed by atoms with van der Waals surface area (Å²) in [5, 5.41) is 0. The van der Waals surface area contributed by atoms with E-state index in [1.54, 1.807) is 0 Å². The third-order valence-corrected chi connectivity index (χ3v) is 5.11. The second-order valence-electron chi connectivity index (χ2n) is 7.92. The van der Waals surface area contributed by atoms with Gasteiger partial charge in [-0.2, -0.15) is 0 Å². The first-order valence-electron chi connectivity index (χ1n) is 11.0. The van der Waals surface area contributed by atoms with Crippen molar-refractivity contribution in [3.05, 3.63) is 83.4 Å². The van der Waals surface area contributed by atoms with Gasteiger partial charge in [-0.1, -0.05) is 62.7 Å². The Balaban J connectivity index is 1.85. The van der Waals surface area contributed by atoms with Crippen molar-refractivity contribution in [1.29, 1.82) is 0 Å². The third kappa shape index (κ3) is 6.25. The Morgan fingerprint density at radius 1 is 0.800 bits per heavy atom. The van der Waals surface area contributed by atoms with Crippen LogP contribution in [0.3, 0.4) is 0 Å². The maximum Gasteiger partial charge on any atom is 0.0639 e. The van der Waals surface area contributed by atoms with Crippen LogP contribution in [0.1, 0.15) is 49.8 Å². The summed E-state index contributed by atoms with van der Waals surface area (Å²) in [5.74, 6) is 0. The second kappa shape index (κ2) is 10.7. The second-order valence-corrected chi connectivity index (χ2v) is 7.92. The van der Waals surface area contributed by atoms with Crippen LogP contribution in [0, 0.1) is 13.8 Å². The molecule has 30 heavy (non-hydrogen) atoms. The van der Waals surface area contributed by atoms with E-state index in [1.807, 2.05) is 12.3 Å². The summed E-state index contributed by atoms with van der Waals surface area (Å²) in [6.45, 7) is 8.62. The Labute approximate surface area is 181 Å². The molecule has 0 unspecified atom stereocenters. The molecule has 0 heterocycles. The van der Waals surface area contributed by atoms with E-state index in [4.69, 9.17) is 9.98 Å². The van der Waals surface area contributed by atoms with Gasteiger partial charge < -0.3 is 0 Å². The minimum absolute atomic E-state index is 0.846. The number of aryl methyl sites for hydroxylation is 3. The number of unbranched alkanes of at least 4 members (excludes halogenated alkanes) is 1.